The molecule has 0 spiro atoms. The van der Waals surface area contributed by atoms with Crippen LogP contribution in [-0.4, -0.2) is 25.9 Å². The summed E-state index contributed by atoms with van der Waals surface area (Å²) < 4.78 is 11.6. The summed E-state index contributed by atoms with van der Waals surface area (Å²) in [5.74, 6) is 0.526. The summed E-state index contributed by atoms with van der Waals surface area (Å²) in [5, 5.41) is 1.04. The van der Waals surface area contributed by atoms with Crippen LogP contribution in [0.15, 0.2) is 16.6 Å². The SMILES string of the molecule is CCOC(CN)COc1cc(Cl)c(Br)cc1Cl. The Morgan fingerprint density at radius 2 is 2.06 bits per heavy atom. The van der Waals surface area contributed by atoms with E-state index < -0.39 is 0 Å². The highest BCUT2D eigenvalue weighted by Crippen LogP contribution is 2.34. The molecule has 1 unspecified atom stereocenters. The van der Waals surface area contributed by atoms with Crippen molar-refractivity contribution in [3.63, 3.8) is 0 Å². The fourth-order valence-electron chi connectivity index (χ4n) is 1.22. The van der Waals surface area contributed by atoms with Crippen LogP contribution in [0.3, 0.4) is 0 Å². The van der Waals surface area contributed by atoms with Gasteiger partial charge >= 0.3 is 0 Å². The minimum Gasteiger partial charge on any atom is -0.489 e. The highest BCUT2D eigenvalue weighted by molar-refractivity contribution is 9.10. The minimum atomic E-state index is -0.140. The van der Waals surface area contributed by atoms with E-state index in [1.807, 2.05) is 6.92 Å². The molecule has 1 atom stereocenters. The Morgan fingerprint density at radius 3 is 2.65 bits per heavy atom. The topological polar surface area (TPSA) is 44.5 Å². The molecule has 1 aromatic carbocycles. The van der Waals surface area contributed by atoms with Crippen LogP contribution < -0.4 is 10.5 Å². The molecule has 6 heteroatoms. The van der Waals surface area contributed by atoms with Gasteiger partial charge in [-0.25, -0.2) is 0 Å². The van der Waals surface area contributed by atoms with Crippen molar-refractivity contribution in [1.29, 1.82) is 0 Å². The van der Waals surface area contributed by atoms with Crippen molar-refractivity contribution in [3.05, 3.63) is 26.7 Å². The lowest BCUT2D eigenvalue weighted by molar-refractivity contribution is 0.0337. The molecule has 0 aliphatic heterocycles. The molecule has 0 saturated carbocycles. The Bertz CT molecular complexity index is 377. The number of hydrogen-bond acceptors (Lipinski definition) is 3. The van der Waals surface area contributed by atoms with Gasteiger partial charge in [-0.2, -0.15) is 0 Å². The van der Waals surface area contributed by atoms with Crippen LogP contribution in [0.5, 0.6) is 5.75 Å². The van der Waals surface area contributed by atoms with Crippen molar-refractivity contribution >= 4 is 39.1 Å². The zero-order valence-corrected chi connectivity index (χ0v) is 12.5. The van der Waals surface area contributed by atoms with Gasteiger partial charge in [-0.15, -0.1) is 0 Å². The molecule has 0 heterocycles. The molecule has 3 nitrogen and oxygen atoms in total. The van der Waals surface area contributed by atoms with Crippen LogP contribution in [0.4, 0.5) is 0 Å². The van der Waals surface area contributed by atoms with Gasteiger partial charge in [0.05, 0.1) is 10.0 Å². The molecule has 1 aromatic rings. The number of rotatable bonds is 6. The third kappa shape index (κ3) is 4.64. The third-order valence-corrected chi connectivity index (χ3v) is 3.56. The Morgan fingerprint density at radius 1 is 1.35 bits per heavy atom. The quantitative estimate of drug-likeness (QED) is 0.805. The smallest absolute Gasteiger partial charge is 0.139 e. The molecule has 0 saturated heterocycles. The van der Waals surface area contributed by atoms with Gasteiger partial charge in [0.25, 0.3) is 0 Å². The van der Waals surface area contributed by atoms with Crippen LogP contribution >= 0.6 is 39.1 Å². The van der Waals surface area contributed by atoms with Crippen LogP contribution in [0.1, 0.15) is 6.92 Å². The molecular weight excluding hydrogens is 329 g/mol. The molecule has 2 N–H and O–H groups in total. The maximum Gasteiger partial charge on any atom is 0.139 e. The van der Waals surface area contributed by atoms with Gasteiger partial charge in [0, 0.05) is 23.7 Å². The molecule has 17 heavy (non-hydrogen) atoms. The second-order valence-electron chi connectivity index (χ2n) is 3.32. The first-order valence-electron chi connectivity index (χ1n) is 5.17. The average Bonchev–Trinajstić information content (AvgIpc) is 2.30. The third-order valence-electron chi connectivity index (χ3n) is 2.06. The van der Waals surface area contributed by atoms with Gasteiger partial charge in [-0.1, -0.05) is 23.2 Å². The summed E-state index contributed by atoms with van der Waals surface area (Å²) in [6.45, 7) is 3.25. The maximum atomic E-state index is 6.02. The monoisotopic (exact) mass is 341 g/mol. The van der Waals surface area contributed by atoms with Gasteiger partial charge in [0.1, 0.15) is 18.5 Å². The number of benzene rings is 1. The molecule has 1 rings (SSSR count). The zero-order valence-electron chi connectivity index (χ0n) is 9.38. The van der Waals surface area contributed by atoms with Gasteiger partial charge < -0.3 is 15.2 Å². The number of nitrogens with two attached hydrogens (primary N) is 1. The largest absolute Gasteiger partial charge is 0.489 e. The van der Waals surface area contributed by atoms with Crippen molar-refractivity contribution < 1.29 is 9.47 Å². The first-order valence-corrected chi connectivity index (χ1v) is 6.72. The minimum absolute atomic E-state index is 0.140. The van der Waals surface area contributed by atoms with Crippen LogP contribution in [0.2, 0.25) is 10.0 Å². The summed E-state index contributed by atoms with van der Waals surface area (Å²) >= 11 is 15.3. The lowest BCUT2D eigenvalue weighted by atomic mass is 10.3. The van der Waals surface area contributed by atoms with E-state index in [-0.39, 0.29) is 6.10 Å². The van der Waals surface area contributed by atoms with Gasteiger partial charge in [-0.05, 0) is 28.9 Å². The highest BCUT2D eigenvalue weighted by atomic mass is 79.9. The van der Waals surface area contributed by atoms with E-state index >= 15 is 0 Å². The summed E-state index contributed by atoms with van der Waals surface area (Å²) in [7, 11) is 0. The number of ether oxygens (including phenoxy) is 2. The molecular formula is C11H14BrCl2NO2. The molecule has 0 amide bonds. The lowest BCUT2D eigenvalue weighted by Gasteiger charge is -2.16. The Labute approximate surface area is 119 Å². The molecule has 0 aliphatic rings. The van der Waals surface area contributed by atoms with Crippen LogP contribution in [-0.2, 0) is 4.74 Å². The Balaban J connectivity index is 2.65. The molecule has 0 fully saturated rings. The van der Waals surface area contributed by atoms with Crippen molar-refractivity contribution in [2.24, 2.45) is 5.73 Å². The molecule has 0 aromatic heterocycles. The van der Waals surface area contributed by atoms with E-state index in [0.29, 0.717) is 35.6 Å². The molecule has 0 bridgehead atoms. The Hall–Kier alpha value is -0.0000000000000000555. The number of hydrogen-bond donors (Lipinski definition) is 1. The van der Waals surface area contributed by atoms with Crippen molar-refractivity contribution in [3.8, 4) is 5.75 Å². The summed E-state index contributed by atoms with van der Waals surface area (Å²) in [6, 6.07) is 3.35. The van der Waals surface area contributed by atoms with Gasteiger partial charge in [0.2, 0.25) is 0 Å². The average molecular weight is 343 g/mol. The second kappa shape index (κ2) is 7.44. The zero-order chi connectivity index (χ0) is 12.8. The van der Waals surface area contributed by atoms with Crippen molar-refractivity contribution in [2.75, 3.05) is 19.8 Å². The first kappa shape index (κ1) is 15.1. The first-order chi connectivity index (χ1) is 8.08. The normalized spacial score (nSPS) is 12.5. The van der Waals surface area contributed by atoms with Crippen molar-refractivity contribution in [2.45, 2.75) is 13.0 Å². The standard InChI is InChI=1S/C11H14BrCl2NO2/c1-2-16-7(5-15)6-17-11-4-9(13)8(12)3-10(11)14/h3-4,7H,2,5-6,15H2,1H3. The fourth-order valence-corrected chi connectivity index (χ4v) is 2.06. The predicted molar refractivity (Wildman–Crippen MR) is 74.1 cm³/mol. The summed E-state index contributed by atoms with van der Waals surface area (Å²) in [5.41, 5.74) is 5.54. The molecule has 0 radical (unpaired) electrons. The molecule has 96 valence electrons. The van der Waals surface area contributed by atoms with Crippen LogP contribution in [0.25, 0.3) is 0 Å². The van der Waals surface area contributed by atoms with Crippen LogP contribution in [0, 0.1) is 0 Å². The van der Waals surface area contributed by atoms with E-state index in [1.165, 1.54) is 0 Å². The van der Waals surface area contributed by atoms with E-state index in [9.17, 15) is 0 Å². The predicted octanol–water partition coefficient (Wildman–Crippen LogP) is 3.50. The molecule has 0 aliphatic carbocycles. The fraction of sp³-hybridized carbons (Fsp3) is 0.455. The second-order valence-corrected chi connectivity index (χ2v) is 4.99. The van der Waals surface area contributed by atoms with Gasteiger partial charge in [0.15, 0.2) is 0 Å². The van der Waals surface area contributed by atoms with E-state index in [0.717, 1.165) is 4.47 Å². The number of halogens is 3. The van der Waals surface area contributed by atoms with E-state index in [1.54, 1.807) is 12.1 Å². The van der Waals surface area contributed by atoms with Crippen molar-refractivity contribution in [1.82, 2.24) is 0 Å². The Kier molecular flexibility index (Phi) is 6.59. The summed E-state index contributed by atoms with van der Waals surface area (Å²) in [6.07, 6.45) is -0.140. The van der Waals surface area contributed by atoms with E-state index in [2.05, 4.69) is 15.9 Å². The van der Waals surface area contributed by atoms with Gasteiger partial charge in [-0.3, -0.25) is 0 Å². The lowest BCUT2D eigenvalue weighted by Crippen LogP contribution is -2.30. The van der Waals surface area contributed by atoms with E-state index in [4.69, 9.17) is 38.4 Å². The summed E-state index contributed by atoms with van der Waals surface area (Å²) in [4.78, 5) is 0. The highest BCUT2D eigenvalue weighted by Gasteiger charge is 2.11. The maximum absolute atomic E-state index is 6.02.